The number of nitrogen functional groups attached to an aromatic ring is 1. The van der Waals surface area contributed by atoms with Gasteiger partial charge in [0, 0.05) is 24.4 Å². The van der Waals surface area contributed by atoms with E-state index in [4.69, 9.17) is 20.5 Å². The van der Waals surface area contributed by atoms with E-state index >= 15 is 0 Å². The van der Waals surface area contributed by atoms with Crippen LogP contribution in [0.25, 0.3) is 0 Å². The third-order valence-corrected chi connectivity index (χ3v) is 4.83. The highest BCUT2D eigenvalue weighted by atomic mass is 19.1. The van der Waals surface area contributed by atoms with Crippen molar-refractivity contribution >= 4 is 18.4 Å². The molecule has 0 amide bonds. The van der Waals surface area contributed by atoms with E-state index in [1.54, 1.807) is 24.5 Å². The summed E-state index contributed by atoms with van der Waals surface area (Å²) in [7, 11) is -1.15. The standard InChI is InChI=1S/C21H19BFN3O3/c23-15-4-6-16-18(10-15)22(27)29-20(16)9-13-3-5-17(21(24)25)19(8-13)28-12-14-2-1-7-26-11-14/h1-8,10-11,20,27H,9,12H2,(H3,24,25). The highest BCUT2D eigenvalue weighted by Gasteiger charge is 2.35. The Morgan fingerprint density at radius 2 is 2.10 bits per heavy atom. The minimum atomic E-state index is -1.15. The number of hydrogen-bond acceptors (Lipinski definition) is 5. The van der Waals surface area contributed by atoms with Crippen molar-refractivity contribution < 1.29 is 18.8 Å². The number of ether oxygens (including phenoxy) is 1. The summed E-state index contributed by atoms with van der Waals surface area (Å²) in [6.45, 7) is 0.290. The summed E-state index contributed by atoms with van der Waals surface area (Å²) in [5.41, 5.74) is 9.16. The van der Waals surface area contributed by atoms with E-state index in [0.29, 0.717) is 29.8 Å². The molecule has 1 unspecified atom stereocenters. The van der Waals surface area contributed by atoms with E-state index in [1.165, 1.54) is 12.1 Å². The average Bonchev–Trinajstić information content (AvgIpc) is 3.01. The number of halogens is 1. The molecule has 6 nitrogen and oxygen atoms in total. The van der Waals surface area contributed by atoms with Gasteiger partial charge in [-0.2, -0.15) is 0 Å². The summed E-state index contributed by atoms with van der Waals surface area (Å²) in [6.07, 6.45) is 3.44. The average molecular weight is 391 g/mol. The lowest BCUT2D eigenvalue weighted by molar-refractivity contribution is 0.190. The quantitative estimate of drug-likeness (QED) is 0.339. The molecule has 0 bridgehead atoms. The summed E-state index contributed by atoms with van der Waals surface area (Å²) in [5, 5.41) is 17.9. The number of hydrogen-bond donors (Lipinski definition) is 3. The number of nitrogens with zero attached hydrogens (tertiary/aromatic N) is 1. The zero-order valence-corrected chi connectivity index (χ0v) is 15.5. The monoisotopic (exact) mass is 391 g/mol. The molecule has 0 spiro atoms. The Morgan fingerprint density at radius 1 is 1.24 bits per heavy atom. The van der Waals surface area contributed by atoms with Crippen LogP contribution in [-0.2, 0) is 17.7 Å². The fourth-order valence-electron chi connectivity index (χ4n) is 3.41. The highest BCUT2D eigenvalue weighted by Crippen LogP contribution is 2.30. The molecule has 1 aliphatic rings. The molecule has 8 heteroatoms. The van der Waals surface area contributed by atoms with Crippen LogP contribution in [0.4, 0.5) is 4.39 Å². The van der Waals surface area contributed by atoms with Gasteiger partial charge in [-0.15, -0.1) is 0 Å². The molecule has 146 valence electrons. The smallest absolute Gasteiger partial charge is 0.488 e. The van der Waals surface area contributed by atoms with Gasteiger partial charge in [-0.3, -0.25) is 10.4 Å². The van der Waals surface area contributed by atoms with Crippen molar-refractivity contribution in [3.63, 3.8) is 0 Å². The van der Waals surface area contributed by atoms with Crippen molar-refractivity contribution in [1.82, 2.24) is 4.98 Å². The summed E-state index contributed by atoms with van der Waals surface area (Å²) < 4.78 is 25.0. The second kappa shape index (κ2) is 8.02. The van der Waals surface area contributed by atoms with Crippen LogP contribution in [-0.4, -0.2) is 23.0 Å². The Morgan fingerprint density at radius 3 is 2.86 bits per heavy atom. The Bertz CT molecular complexity index is 1050. The Kier molecular flexibility index (Phi) is 5.29. The van der Waals surface area contributed by atoms with Gasteiger partial charge in [-0.1, -0.05) is 18.2 Å². The summed E-state index contributed by atoms with van der Waals surface area (Å²) >= 11 is 0. The molecule has 0 radical (unpaired) electrons. The van der Waals surface area contributed by atoms with Gasteiger partial charge in [0.1, 0.15) is 24.0 Å². The Hall–Kier alpha value is -3.23. The van der Waals surface area contributed by atoms with Crippen molar-refractivity contribution in [2.24, 2.45) is 5.73 Å². The molecule has 0 aliphatic carbocycles. The lowest BCUT2D eigenvalue weighted by atomic mass is 9.79. The topological polar surface area (TPSA) is 101 Å². The van der Waals surface area contributed by atoms with E-state index in [2.05, 4.69) is 4.98 Å². The Balaban J connectivity index is 1.56. The predicted molar refractivity (Wildman–Crippen MR) is 108 cm³/mol. The third kappa shape index (κ3) is 4.13. The largest absolute Gasteiger partial charge is 0.492 e. The van der Waals surface area contributed by atoms with E-state index in [-0.39, 0.29) is 5.84 Å². The number of nitrogens with two attached hydrogens (primary N) is 1. The first-order valence-corrected chi connectivity index (χ1v) is 9.13. The predicted octanol–water partition coefficient (Wildman–Crippen LogP) is 2.09. The van der Waals surface area contributed by atoms with Crippen molar-refractivity contribution in [1.29, 1.82) is 5.41 Å². The molecule has 1 aromatic heterocycles. The fourth-order valence-corrected chi connectivity index (χ4v) is 3.41. The molecular weight excluding hydrogens is 372 g/mol. The van der Waals surface area contributed by atoms with Gasteiger partial charge in [0.15, 0.2) is 0 Å². The second-order valence-corrected chi connectivity index (χ2v) is 6.85. The van der Waals surface area contributed by atoms with Gasteiger partial charge in [-0.25, -0.2) is 4.39 Å². The van der Waals surface area contributed by atoms with Crippen LogP contribution in [0.3, 0.4) is 0 Å². The van der Waals surface area contributed by atoms with E-state index in [0.717, 1.165) is 16.7 Å². The third-order valence-electron chi connectivity index (χ3n) is 4.83. The maximum Gasteiger partial charge on any atom is 0.492 e. The molecule has 1 atom stereocenters. The normalized spacial score (nSPS) is 15.2. The second-order valence-electron chi connectivity index (χ2n) is 6.85. The number of rotatable bonds is 6. The number of benzene rings is 2. The van der Waals surface area contributed by atoms with Crippen molar-refractivity contribution in [2.75, 3.05) is 0 Å². The number of amidine groups is 1. The van der Waals surface area contributed by atoms with E-state index in [1.807, 2.05) is 24.3 Å². The first kappa shape index (κ1) is 19.1. The lowest BCUT2D eigenvalue weighted by Crippen LogP contribution is -2.28. The van der Waals surface area contributed by atoms with Crippen molar-refractivity contribution in [2.45, 2.75) is 19.1 Å². The van der Waals surface area contributed by atoms with Crippen LogP contribution >= 0.6 is 0 Å². The minimum Gasteiger partial charge on any atom is -0.488 e. The first-order valence-electron chi connectivity index (χ1n) is 9.13. The molecular formula is C21H19BFN3O3. The molecule has 4 rings (SSSR count). The summed E-state index contributed by atoms with van der Waals surface area (Å²) in [4.78, 5) is 4.06. The zero-order valence-electron chi connectivity index (χ0n) is 15.5. The van der Waals surface area contributed by atoms with Crippen LogP contribution < -0.4 is 15.9 Å². The number of nitrogens with one attached hydrogen (secondary N) is 1. The van der Waals surface area contributed by atoms with Crippen LogP contribution in [0.1, 0.15) is 28.4 Å². The molecule has 4 N–H and O–H groups in total. The Labute approximate surface area is 167 Å². The fraction of sp³-hybridized carbons (Fsp3) is 0.143. The highest BCUT2D eigenvalue weighted by molar-refractivity contribution is 6.61. The summed E-state index contributed by atoms with van der Waals surface area (Å²) in [6, 6.07) is 13.4. The van der Waals surface area contributed by atoms with Gasteiger partial charge in [0.25, 0.3) is 0 Å². The van der Waals surface area contributed by atoms with Crippen LogP contribution in [0.2, 0.25) is 0 Å². The van der Waals surface area contributed by atoms with Gasteiger partial charge >= 0.3 is 7.12 Å². The summed E-state index contributed by atoms with van der Waals surface area (Å²) in [5.74, 6) is -0.0215. The molecule has 3 aromatic rings. The van der Waals surface area contributed by atoms with Crippen molar-refractivity contribution in [3.8, 4) is 5.75 Å². The zero-order chi connectivity index (χ0) is 20.4. The van der Waals surface area contributed by atoms with Gasteiger partial charge in [0.05, 0.1) is 11.7 Å². The SMILES string of the molecule is N=C(N)c1ccc(CC2OB(O)c3cc(F)ccc32)cc1OCc1cccnc1. The molecule has 0 fully saturated rings. The molecule has 29 heavy (non-hydrogen) atoms. The van der Waals surface area contributed by atoms with Crippen LogP contribution in [0, 0.1) is 11.2 Å². The van der Waals surface area contributed by atoms with Gasteiger partial charge in [0.2, 0.25) is 0 Å². The van der Waals surface area contributed by atoms with E-state index in [9.17, 15) is 9.41 Å². The molecule has 0 saturated heterocycles. The lowest BCUT2D eigenvalue weighted by Gasteiger charge is -2.16. The number of fused-ring (bicyclic) bond motifs is 1. The maximum absolute atomic E-state index is 13.5. The molecule has 2 aromatic carbocycles. The van der Waals surface area contributed by atoms with Gasteiger partial charge < -0.3 is 20.1 Å². The maximum atomic E-state index is 13.5. The molecule has 1 aliphatic heterocycles. The first-order chi connectivity index (χ1) is 14.0. The molecule has 0 saturated carbocycles. The number of aromatic nitrogens is 1. The minimum absolute atomic E-state index is 0.0916. The van der Waals surface area contributed by atoms with Crippen molar-refractivity contribution in [3.05, 3.63) is 89.0 Å². The van der Waals surface area contributed by atoms with Crippen LogP contribution in [0.5, 0.6) is 5.75 Å². The number of pyridine rings is 1. The molecule has 2 heterocycles. The van der Waals surface area contributed by atoms with E-state index < -0.39 is 19.0 Å². The van der Waals surface area contributed by atoms with Crippen LogP contribution in [0.15, 0.2) is 60.9 Å². The van der Waals surface area contributed by atoms with Gasteiger partial charge in [-0.05, 0) is 46.9 Å².